The first-order valence-electron chi connectivity index (χ1n) is 10.3. The van der Waals surface area contributed by atoms with Gasteiger partial charge in [-0.05, 0) is 44.2 Å². The lowest BCUT2D eigenvalue weighted by atomic mass is 9.77. The number of aromatic nitrogens is 2. The van der Waals surface area contributed by atoms with E-state index < -0.39 is 5.54 Å². The van der Waals surface area contributed by atoms with Gasteiger partial charge in [-0.25, -0.2) is 9.69 Å². The van der Waals surface area contributed by atoms with Gasteiger partial charge in [0.15, 0.2) is 0 Å². The topological polar surface area (TPSA) is 70.5 Å². The van der Waals surface area contributed by atoms with Crippen molar-refractivity contribution in [1.82, 2.24) is 24.9 Å². The summed E-state index contributed by atoms with van der Waals surface area (Å²) in [6.07, 6.45) is 7.30. The summed E-state index contributed by atoms with van der Waals surface area (Å²) in [5, 5.41) is 7.42. The third-order valence-electron chi connectivity index (χ3n) is 6.08. The second-order valence-electron chi connectivity index (χ2n) is 8.62. The van der Waals surface area contributed by atoms with Crippen molar-refractivity contribution in [3.05, 3.63) is 53.9 Å². The highest BCUT2D eigenvalue weighted by Gasteiger charge is 2.52. The maximum atomic E-state index is 13.0. The molecule has 1 N–H and O–H groups in total. The maximum absolute atomic E-state index is 13.0. The first-order chi connectivity index (χ1) is 13.9. The van der Waals surface area contributed by atoms with Gasteiger partial charge in [0.25, 0.3) is 5.91 Å². The number of hydrogen-bond acceptors (Lipinski definition) is 4. The molecule has 154 valence electrons. The Labute approximate surface area is 171 Å². The van der Waals surface area contributed by atoms with E-state index in [0.717, 1.165) is 37.8 Å². The maximum Gasteiger partial charge on any atom is 0.326 e. The average molecular weight is 396 g/mol. The zero-order valence-electron chi connectivity index (χ0n) is 17.2. The number of imide groups is 1. The van der Waals surface area contributed by atoms with Crippen LogP contribution in [0.1, 0.15) is 43.7 Å². The van der Waals surface area contributed by atoms with Crippen LogP contribution in [0.4, 0.5) is 4.79 Å². The van der Waals surface area contributed by atoms with Gasteiger partial charge in [0, 0.05) is 18.3 Å². The zero-order valence-corrected chi connectivity index (χ0v) is 17.2. The van der Waals surface area contributed by atoms with Crippen molar-refractivity contribution >= 4 is 11.9 Å². The van der Waals surface area contributed by atoms with Crippen molar-refractivity contribution in [3.63, 3.8) is 0 Å². The number of nitrogens with one attached hydrogen (secondary N) is 1. The molecule has 4 rings (SSSR count). The lowest BCUT2D eigenvalue weighted by Crippen LogP contribution is -2.49. The van der Waals surface area contributed by atoms with E-state index in [1.54, 1.807) is 0 Å². The molecule has 29 heavy (non-hydrogen) atoms. The number of urea groups is 1. The van der Waals surface area contributed by atoms with Gasteiger partial charge in [0.1, 0.15) is 5.54 Å². The van der Waals surface area contributed by atoms with Crippen molar-refractivity contribution in [2.75, 3.05) is 13.7 Å². The molecule has 3 amide bonds. The molecule has 1 saturated carbocycles. The van der Waals surface area contributed by atoms with E-state index in [0.29, 0.717) is 12.5 Å². The first kappa shape index (κ1) is 19.6. The molecular formula is C22H29N5O2. The molecule has 2 aromatic rings. The second-order valence-corrected chi connectivity index (χ2v) is 8.62. The van der Waals surface area contributed by atoms with E-state index in [1.807, 2.05) is 47.2 Å². The van der Waals surface area contributed by atoms with E-state index in [9.17, 15) is 9.59 Å². The third-order valence-corrected chi connectivity index (χ3v) is 6.08. The zero-order chi connectivity index (χ0) is 20.4. The molecular weight excluding hydrogens is 366 g/mol. The molecule has 1 aromatic heterocycles. The molecule has 1 aliphatic carbocycles. The standard InChI is InChI=1S/C22H29N5O2/c1-17-8-10-22(11-9-17)20(28)27(21(29)24-22)16-25(2)13-19-12-23-26(15-19)14-18-6-4-3-5-7-18/h3-7,12,15,17H,8-11,13-14,16H2,1-2H3,(H,24,29). The fraction of sp³-hybridized carbons (Fsp3) is 0.500. The molecule has 0 bridgehead atoms. The van der Waals surface area contributed by atoms with Crippen LogP contribution in [0.3, 0.4) is 0 Å². The lowest BCUT2D eigenvalue weighted by Gasteiger charge is -2.33. The molecule has 2 heterocycles. The Balaban J connectivity index is 1.34. The van der Waals surface area contributed by atoms with Crippen LogP contribution in [0.25, 0.3) is 0 Å². The van der Waals surface area contributed by atoms with Crippen molar-refractivity contribution in [2.45, 2.75) is 51.2 Å². The van der Waals surface area contributed by atoms with E-state index >= 15 is 0 Å². The van der Waals surface area contributed by atoms with Gasteiger partial charge in [-0.2, -0.15) is 5.10 Å². The molecule has 7 nitrogen and oxygen atoms in total. The fourth-order valence-electron chi connectivity index (χ4n) is 4.35. The van der Waals surface area contributed by atoms with Crippen LogP contribution >= 0.6 is 0 Å². The summed E-state index contributed by atoms with van der Waals surface area (Å²) < 4.78 is 1.91. The molecule has 1 saturated heterocycles. The highest BCUT2D eigenvalue weighted by atomic mass is 16.2. The van der Waals surface area contributed by atoms with Crippen LogP contribution in [0.15, 0.2) is 42.7 Å². The van der Waals surface area contributed by atoms with Gasteiger partial charge in [0.2, 0.25) is 0 Å². The molecule has 1 aliphatic heterocycles. The molecule has 0 unspecified atom stereocenters. The summed E-state index contributed by atoms with van der Waals surface area (Å²) in [5.74, 6) is 0.551. The number of benzene rings is 1. The summed E-state index contributed by atoms with van der Waals surface area (Å²) in [6.45, 7) is 3.83. The van der Waals surface area contributed by atoms with E-state index in [1.165, 1.54) is 10.5 Å². The van der Waals surface area contributed by atoms with E-state index in [2.05, 4.69) is 29.5 Å². The smallest absolute Gasteiger partial charge is 0.323 e. The number of carbonyl (C=O) groups excluding carboxylic acids is 2. The fourth-order valence-corrected chi connectivity index (χ4v) is 4.35. The van der Waals surface area contributed by atoms with Crippen LogP contribution in [0, 0.1) is 5.92 Å². The highest BCUT2D eigenvalue weighted by molar-refractivity contribution is 6.07. The quantitative estimate of drug-likeness (QED) is 0.764. The van der Waals surface area contributed by atoms with Crippen molar-refractivity contribution in [3.8, 4) is 0 Å². The molecule has 1 spiro atoms. The Morgan fingerprint density at radius 3 is 2.62 bits per heavy atom. The van der Waals surface area contributed by atoms with E-state index in [-0.39, 0.29) is 18.6 Å². The Morgan fingerprint density at radius 1 is 1.17 bits per heavy atom. The Bertz CT molecular complexity index is 870. The Morgan fingerprint density at radius 2 is 1.90 bits per heavy atom. The van der Waals surface area contributed by atoms with Crippen molar-refractivity contribution in [1.29, 1.82) is 0 Å². The number of amides is 3. The van der Waals surface area contributed by atoms with Crippen LogP contribution in [0.5, 0.6) is 0 Å². The van der Waals surface area contributed by atoms with Gasteiger partial charge in [-0.3, -0.25) is 14.4 Å². The third kappa shape index (κ3) is 4.19. The normalized spacial score (nSPS) is 24.5. The number of hydrogen-bond donors (Lipinski definition) is 1. The van der Waals surface area contributed by atoms with Crippen LogP contribution in [-0.4, -0.2) is 50.8 Å². The van der Waals surface area contributed by atoms with Crippen molar-refractivity contribution < 1.29 is 9.59 Å². The van der Waals surface area contributed by atoms with Crippen LogP contribution in [-0.2, 0) is 17.9 Å². The summed E-state index contributed by atoms with van der Waals surface area (Å²) in [4.78, 5) is 28.8. The van der Waals surface area contributed by atoms with Gasteiger partial charge < -0.3 is 5.32 Å². The molecule has 0 atom stereocenters. The minimum Gasteiger partial charge on any atom is -0.323 e. The Hall–Kier alpha value is -2.67. The summed E-state index contributed by atoms with van der Waals surface area (Å²) in [6, 6.07) is 9.92. The summed E-state index contributed by atoms with van der Waals surface area (Å²) in [7, 11) is 1.92. The van der Waals surface area contributed by atoms with Gasteiger partial charge >= 0.3 is 6.03 Å². The summed E-state index contributed by atoms with van der Waals surface area (Å²) >= 11 is 0. The lowest BCUT2D eigenvalue weighted by molar-refractivity contribution is -0.134. The molecule has 0 radical (unpaired) electrons. The molecule has 2 fully saturated rings. The first-order valence-corrected chi connectivity index (χ1v) is 10.3. The summed E-state index contributed by atoms with van der Waals surface area (Å²) in [5.41, 5.74) is 1.57. The Kier molecular flexibility index (Phi) is 5.41. The van der Waals surface area contributed by atoms with Crippen molar-refractivity contribution in [2.24, 2.45) is 5.92 Å². The minimum atomic E-state index is -0.676. The van der Waals surface area contributed by atoms with Crippen LogP contribution < -0.4 is 5.32 Å². The number of rotatable bonds is 6. The largest absolute Gasteiger partial charge is 0.326 e. The molecule has 1 aromatic carbocycles. The van der Waals surface area contributed by atoms with Gasteiger partial charge in [-0.1, -0.05) is 37.3 Å². The highest BCUT2D eigenvalue weighted by Crippen LogP contribution is 2.36. The van der Waals surface area contributed by atoms with Crippen LogP contribution in [0.2, 0.25) is 0 Å². The number of nitrogens with zero attached hydrogens (tertiary/aromatic N) is 4. The monoisotopic (exact) mass is 395 g/mol. The van der Waals surface area contributed by atoms with E-state index in [4.69, 9.17) is 0 Å². The molecule has 7 heteroatoms. The average Bonchev–Trinajstić information content (AvgIpc) is 3.23. The minimum absolute atomic E-state index is 0.0685. The SMILES string of the molecule is CC1CCC2(CC1)NC(=O)N(CN(C)Cc1cnn(Cc3ccccc3)c1)C2=O. The van der Waals surface area contributed by atoms with Gasteiger partial charge in [-0.15, -0.1) is 0 Å². The van der Waals surface area contributed by atoms with Gasteiger partial charge in [0.05, 0.1) is 19.4 Å². The molecule has 2 aliphatic rings. The second kappa shape index (κ2) is 7.99. The number of carbonyl (C=O) groups is 2. The predicted octanol–water partition coefficient (Wildman–Crippen LogP) is 2.82. The predicted molar refractivity (Wildman–Crippen MR) is 110 cm³/mol.